The van der Waals surface area contributed by atoms with E-state index in [9.17, 15) is 13.2 Å². The zero-order valence-corrected chi connectivity index (χ0v) is 10.5. The van der Waals surface area contributed by atoms with Crippen LogP contribution in [-0.4, -0.2) is 32.0 Å². The first-order chi connectivity index (χ1) is 7.86. The Morgan fingerprint density at radius 3 is 2.35 bits per heavy atom. The molecule has 0 amide bonds. The summed E-state index contributed by atoms with van der Waals surface area (Å²) in [5.74, 6) is -0.569. The van der Waals surface area contributed by atoms with Crippen LogP contribution in [0.25, 0.3) is 0 Å². The fourth-order valence-electron chi connectivity index (χ4n) is 1.22. The second-order valence-electron chi connectivity index (χ2n) is 3.78. The fourth-order valence-corrected chi connectivity index (χ4v) is 2.45. The quantitative estimate of drug-likeness (QED) is 0.790. The van der Waals surface area contributed by atoms with E-state index < -0.39 is 28.5 Å². The van der Waals surface area contributed by atoms with Crippen molar-refractivity contribution in [1.29, 1.82) is 0 Å². The van der Waals surface area contributed by atoms with Gasteiger partial charge in [-0.3, -0.25) is 4.79 Å². The molecule has 0 saturated carbocycles. The molecule has 1 atom stereocenters. The van der Waals surface area contributed by atoms with Crippen LogP contribution in [0.4, 0.5) is 0 Å². The van der Waals surface area contributed by atoms with Gasteiger partial charge in [-0.1, -0.05) is 17.7 Å². The SMILES string of the molecule is Cc1ccc(S(=O)(=O)N[C@@H](C)C(=O)CO)cc1. The van der Waals surface area contributed by atoms with E-state index in [2.05, 4.69) is 4.72 Å². The number of benzene rings is 1. The summed E-state index contributed by atoms with van der Waals surface area (Å²) in [5, 5.41) is 8.62. The molecule has 0 aliphatic rings. The van der Waals surface area contributed by atoms with E-state index in [1.54, 1.807) is 12.1 Å². The zero-order valence-electron chi connectivity index (χ0n) is 9.67. The minimum atomic E-state index is -3.71. The molecule has 0 bridgehead atoms. The molecule has 6 heteroatoms. The first-order valence-electron chi connectivity index (χ1n) is 5.09. The molecule has 17 heavy (non-hydrogen) atoms. The molecule has 0 saturated heterocycles. The molecule has 0 fully saturated rings. The molecule has 2 N–H and O–H groups in total. The summed E-state index contributed by atoms with van der Waals surface area (Å²) < 4.78 is 25.9. The van der Waals surface area contributed by atoms with E-state index >= 15 is 0 Å². The number of hydrogen-bond acceptors (Lipinski definition) is 4. The third-order valence-corrected chi connectivity index (χ3v) is 3.86. The number of hydrogen-bond donors (Lipinski definition) is 2. The van der Waals surface area contributed by atoms with Gasteiger partial charge in [0.2, 0.25) is 10.0 Å². The number of rotatable bonds is 5. The van der Waals surface area contributed by atoms with Crippen molar-refractivity contribution < 1.29 is 18.3 Å². The molecule has 1 aromatic carbocycles. The molecule has 0 radical (unpaired) electrons. The second-order valence-corrected chi connectivity index (χ2v) is 5.49. The van der Waals surface area contributed by atoms with Gasteiger partial charge in [-0.05, 0) is 26.0 Å². The van der Waals surface area contributed by atoms with Gasteiger partial charge in [-0.25, -0.2) is 13.1 Å². The largest absolute Gasteiger partial charge is 0.389 e. The molecule has 0 spiro atoms. The van der Waals surface area contributed by atoms with Crippen LogP contribution < -0.4 is 4.72 Å². The van der Waals surface area contributed by atoms with Crippen LogP contribution >= 0.6 is 0 Å². The van der Waals surface area contributed by atoms with E-state index in [1.807, 2.05) is 6.92 Å². The van der Waals surface area contributed by atoms with Gasteiger partial charge < -0.3 is 5.11 Å². The van der Waals surface area contributed by atoms with Crippen molar-refractivity contribution >= 4 is 15.8 Å². The summed E-state index contributed by atoms with van der Waals surface area (Å²) in [5.41, 5.74) is 0.948. The van der Waals surface area contributed by atoms with Crippen molar-refractivity contribution in [2.24, 2.45) is 0 Å². The summed E-state index contributed by atoms with van der Waals surface area (Å²) in [7, 11) is -3.71. The minimum Gasteiger partial charge on any atom is -0.389 e. The Bertz CT molecular complexity index is 493. The minimum absolute atomic E-state index is 0.0979. The van der Waals surface area contributed by atoms with Gasteiger partial charge in [0.1, 0.15) is 6.61 Å². The molecule has 1 aromatic rings. The Hall–Kier alpha value is -1.24. The van der Waals surface area contributed by atoms with E-state index in [4.69, 9.17) is 5.11 Å². The predicted molar refractivity (Wildman–Crippen MR) is 63.1 cm³/mol. The van der Waals surface area contributed by atoms with Crippen molar-refractivity contribution in [2.45, 2.75) is 24.8 Å². The number of Topliss-reactive ketones (excluding diaryl/α,β-unsaturated/α-hetero) is 1. The van der Waals surface area contributed by atoms with E-state index in [0.29, 0.717) is 0 Å². The van der Waals surface area contributed by atoms with Gasteiger partial charge in [-0.2, -0.15) is 0 Å². The summed E-state index contributed by atoms with van der Waals surface area (Å²) in [6, 6.07) is 5.34. The molecule has 5 nitrogen and oxygen atoms in total. The number of nitrogens with one attached hydrogen (secondary N) is 1. The number of aryl methyl sites for hydroxylation is 1. The van der Waals surface area contributed by atoms with Crippen molar-refractivity contribution in [3.05, 3.63) is 29.8 Å². The van der Waals surface area contributed by atoms with E-state index in [0.717, 1.165) is 5.56 Å². The Morgan fingerprint density at radius 2 is 1.88 bits per heavy atom. The number of carbonyl (C=O) groups is 1. The highest BCUT2D eigenvalue weighted by molar-refractivity contribution is 7.89. The number of aliphatic hydroxyl groups excluding tert-OH is 1. The van der Waals surface area contributed by atoms with E-state index in [1.165, 1.54) is 19.1 Å². The van der Waals surface area contributed by atoms with Crippen LogP contribution in [0.2, 0.25) is 0 Å². The number of ketones is 1. The fraction of sp³-hybridized carbons (Fsp3) is 0.364. The monoisotopic (exact) mass is 257 g/mol. The lowest BCUT2D eigenvalue weighted by atomic mass is 10.2. The average molecular weight is 257 g/mol. The Balaban J connectivity index is 2.89. The molecule has 1 rings (SSSR count). The lowest BCUT2D eigenvalue weighted by Crippen LogP contribution is -2.39. The van der Waals surface area contributed by atoms with Crippen LogP contribution in [0.1, 0.15) is 12.5 Å². The number of carbonyl (C=O) groups excluding carboxylic acids is 1. The lowest BCUT2D eigenvalue weighted by molar-refractivity contribution is -0.122. The molecular weight excluding hydrogens is 242 g/mol. The molecule has 94 valence electrons. The van der Waals surface area contributed by atoms with Crippen molar-refractivity contribution in [1.82, 2.24) is 4.72 Å². The van der Waals surface area contributed by atoms with Gasteiger partial charge in [0.05, 0.1) is 10.9 Å². The lowest BCUT2D eigenvalue weighted by Gasteiger charge is -2.12. The second kappa shape index (κ2) is 5.39. The third-order valence-electron chi connectivity index (χ3n) is 2.30. The highest BCUT2D eigenvalue weighted by Gasteiger charge is 2.20. The summed E-state index contributed by atoms with van der Waals surface area (Å²) in [6.07, 6.45) is 0. The Kier molecular flexibility index (Phi) is 4.39. The predicted octanol–water partition coefficient (Wildman–Crippen LogP) is 0.223. The molecular formula is C11H15NO4S. The van der Waals surface area contributed by atoms with Crippen LogP contribution in [0, 0.1) is 6.92 Å². The van der Waals surface area contributed by atoms with Crippen molar-refractivity contribution in [3.8, 4) is 0 Å². The first-order valence-corrected chi connectivity index (χ1v) is 6.57. The van der Waals surface area contributed by atoms with Crippen molar-refractivity contribution in [2.75, 3.05) is 6.61 Å². The molecule has 0 aliphatic carbocycles. The highest BCUT2D eigenvalue weighted by atomic mass is 32.2. The highest BCUT2D eigenvalue weighted by Crippen LogP contribution is 2.10. The standard InChI is InChI=1S/C11H15NO4S/c1-8-3-5-10(6-4-8)17(15,16)12-9(2)11(14)7-13/h3-6,9,12-13H,7H2,1-2H3/t9-/m0/s1. The normalized spacial score (nSPS) is 13.4. The molecule has 0 unspecified atom stereocenters. The van der Waals surface area contributed by atoms with Crippen LogP contribution in [0.3, 0.4) is 0 Å². The summed E-state index contributed by atoms with van der Waals surface area (Å²) in [6.45, 7) is 2.56. The number of aliphatic hydroxyl groups is 1. The van der Waals surface area contributed by atoms with Gasteiger partial charge in [-0.15, -0.1) is 0 Å². The van der Waals surface area contributed by atoms with Crippen LogP contribution in [0.15, 0.2) is 29.2 Å². The summed E-state index contributed by atoms with van der Waals surface area (Å²) >= 11 is 0. The van der Waals surface area contributed by atoms with E-state index in [-0.39, 0.29) is 4.90 Å². The maximum atomic E-state index is 11.8. The summed E-state index contributed by atoms with van der Waals surface area (Å²) in [4.78, 5) is 11.2. The smallest absolute Gasteiger partial charge is 0.241 e. The van der Waals surface area contributed by atoms with Crippen LogP contribution in [-0.2, 0) is 14.8 Å². The number of sulfonamides is 1. The maximum Gasteiger partial charge on any atom is 0.241 e. The van der Waals surface area contributed by atoms with Gasteiger partial charge in [0.25, 0.3) is 0 Å². The van der Waals surface area contributed by atoms with Gasteiger partial charge in [0.15, 0.2) is 5.78 Å². The topological polar surface area (TPSA) is 83.5 Å². The molecule has 0 heterocycles. The van der Waals surface area contributed by atoms with Gasteiger partial charge in [0, 0.05) is 0 Å². The van der Waals surface area contributed by atoms with Gasteiger partial charge >= 0.3 is 0 Å². The first kappa shape index (κ1) is 13.8. The molecule has 0 aliphatic heterocycles. The zero-order chi connectivity index (χ0) is 13.1. The Labute approximate surface area is 101 Å². The maximum absolute atomic E-state index is 11.8. The third kappa shape index (κ3) is 3.62. The van der Waals surface area contributed by atoms with Crippen molar-refractivity contribution in [3.63, 3.8) is 0 Å². The van der Waals surface area contributed by atoms with Crippen LogP contribution in [0.5, 0.6) is 0 Å². The Morgan fingerprint density at radius 1 is 1.35 bits per heavy atom. The molecule has 0 aromatic heterocycles. The average Bonchev–Trinajstić information content (AvgIpc) is 2.27.